The fourth-order valence-corrected chi connectivity index (χ4v) is 3.36. The van der Waals surface area contributed by atoms with Gasteiger partial charge in [0.2, 0.25) is 0 Å². The van der Waals surface area contributed by atoms with Crippen LogP contribution in [-0.4, -0.2) is 15.7 Å². The summed E-state index contributed by atoms with van der Waals surface area (Å²) in [7, 11) is 0. The fourth-order valence-electron chi connectivity index (χ4n) is 3.07. The molecular formula is C23H19Cl2N3O2. The van der Waals surface area contributed by atoms with Gasteiger partial charge in [-0.2, -0.15) is 5.10 Å². The third kappa shape index (κ3) is 4.13. The van der Waals surface area contributed by atoms with Gasteiger partial charge in [0, 0.05) is 5.56 Å². The van der Waals surface area contributed by atoms with E-state index in [0.29, 0.717) is 32.9 Å². The summed E-state index contributed by atoms with van der Waals surface area (Å²) < 4.78 is 6.87. The molecule has 0 unspecified atom stereocenters. The van der Waals surface area contributed by atoms with Crippen LogP contribution < -0.4 is 5.32 Å². The Morgan fingerprint density at radius 3 is 2.57 bits per heavy atom. The van der Waals surface area contributed by atoms with Crippen LogP contribution >= 0.6 is 23.2 Å². The Hall–Kier alpha value is -3.02. The van der Waals surface area contributed by atoms with Gasteiger partial charge in [-0.15, -0.1) is 0 Å². The highest BCUT2D eigenvalue weighted by atomic mass is 35.5. The molecule has 0 saturated carbocycles. The first-order valence-corrected chi connectivity index (χ1v) is 10.1. The van der Waals surface area contributed by atoms with Crippen LogP contribution in [0.3, 0.4) is 0 Å². The summed E-state index contributed by atoms with van der Waals surface area (Å²) >= 11 is 12.3. The summed E-state index contributed by atoms with van der Waals surface area (Å²) in [6, 6.07) is 16.6. The van der Waals surface area contributed by atoms with E-state index in [4.69, 9.17) is 27.6 Å². The van der Waals surface area contributed by atoms with Crippen LogP contribution in [0.15, 0.2) is 65.3 Å². The first-order chi connectivity index (χ1) is 14.4. The molecule has 0 bridgehead atoms. The Morgan fingerprint density at radius 1 is 1.03 bits per heavy atom. The van der Waals surface area contributed by atoms with E-state index in [0.717, 1.165) is 11.1 Å². The van der Waals surface area contributed by atoms with Gasteiger partial charge in [0.25, 0.3) is 5.91 Å². The van der Waals surface area contributed by atoms with Crippen LogP contribution in [0.25, 0.3) is 16.9 Å². The van der Waals surface area contributed by atoms with Crippen LogP contribution in [0.1, 0.15) is 27.4 Å². The van der Waals surface area contributed by atoms with Crippen molar-refractivity contribution in [2.24, 2.45) is 0 Å². The lowest BCUT2D eigenvalue weighted by atomic mass is 10.0. The number of carbonyl (C=O) groups excluding carboxylic acids is 1. The average molecular weight is 440 g/mol. The largest absolute Gasteiger partial charge is 0.467 e. The van der Waals surface area contributed by atoms with E-state index < -0.39 is 0 Å². The molecule has 0 aliphatic carbocycles. The molecule has 0 atom stereocenters. The van der Waals surface area contributed by atoms with Crippen molar-refractivity contribution >= 4 is 29.1 Å². The van der Waals surface area contributed by atoms with E-state index in [1.807, 2.05) is 19.1 Å². The number of amides is 1. The molecule has 4 rings (SSSR count). The number of nitrogens with zero attached hydrogens (tertiary/aromatic N) is 2. The normalized spacial score (nSPS) is 10.9. The predicted molar refractivity (Wildman–Crippen MR) is 118 cm³/mol. The van der Waals surface area contributed by atoms with Crippen LogP contribution in [-0.2, 0) is 6.54 Å². The van der Waals surface area contributed by atoms with Crippen molar-refractivity contribution in [1.82, 2.24) is 15.1 Å². The summed E-state index contributed by atoms with van der Waals surface area (Å²) in [6.45, 7) is 4.38. The number of hydrogen-bond donors (Lipinski definition) is 1. The molecule has 30 heavy (non-hydrogen) atoms. The molecule has 0 saturated heterocycles. The molecule has 1 amide bonds. The monoisotopic (exact) mass is 439 g/mol. The third-order valence-electron chi connectivity index (χ3n) is 4.90. The van der Waals surface area contributed by atoms with Gasteiger partial charge >= 0.3 is 0 Å². The minimum Gasteiger partial charge on any atom is -0.467 e. The van der Waals surface area contributed by atoms with Crippen LogP contribution in [0.4, 0.5) is 0 Å². The highest BCUT2D eigenvalue weighted by Crippen LogP contribution is 2.28. The standard InChI is InChI=1S/C23H19Cl2N3O2/c1-14-5-6-16(10-15(14)2)21-12-22(23(29)26-13-18-4-3-9-30-18)28(27-21)17-7-8-19(24)20(25)11-17/h3-12H,13H2,1-2H3,(H,26,29). The molecule has 0 aliphatic rings. The van der Waals surface area contributed by atoms with Gasteiger partial charge in [0.15, 0.2) is 0 Å². The number of hydrogen-bond acceptors (Lipinski definition) is 3. The zero-order chi connectivity index (χ0) is 21.3. The Kier molecular flexibility index (Phi) is 5.66. The van der Waals surface area contributed by atoms with Crippen LogP contribution in [0, 0.1) is 13.8 Å². The number of rotatable bonds is 5. The molecule has 0 radical (unpaired) electrons. The number of halogens is 2. The molecule has 152 valence electrons. The van der Waals surface area contributed by atoms with Crippen LogP contribution in [0.5, 0.6) is 0 Å². The van der Waals surface area contributed by atoms with Crippen molar-refractivity contribution in [1.29, 1.82) is 0 Å². The maximum absolute atomic E-state index is 13.0. The Labute approximate surface area is 184 Å². The maximum Gasteiger partial charge on any atom is 0.270 e. The minimum atomic E-state index is -0.278. The molecule has 5 nitrogen and oxygen atoms in total. The molecule has 4 aromatic rings. The van der Waals surface area contributed by atoms with Crippen LogP contribution in [0.2, 0.25) is 10.0 Å². The predicted octanol–water partition coefficient (Wildman–Crippen LogP) is 5.99. The van der Waals surface area contributed by atoms with Crippen molar-refractivity contribution in [3.63, 3.8) is 0 Å². The van der Waals surface area contributed by atoms with Crippen molar-refractivity contribution in [3.05, 3.63) is 93.5 Å². The molecule has 7 heteroatoms. The number of carbonyl (C=O) groups is 1. The zero-order valence-electron chi connectivity index (χ0n) is 16.4. The topological polar surface area (TPSA) is 60.1 Å². The Morgan fingerprint density at radius 2 is 1.87 bits per heavy atom. The number of furan rings is 1. The molecule has 1 N–H and O–H groups in total. The summed E-state index contributed by atoms with van der Waals surface area (Å²) in [5.74, 6) is 0.387. The first kappa shape index (κ1) is 20.3. The molecule has 0 spiro atoms. The van der Waals surface area contributed by atoms with Crippen molar-refractivity contribution in [2.75, 3.05) is 0 Å². The van der Waals surface area contributed by atoms with E-state index in [1.165, 1.54) is 5.56 Å². The smallest absolute Gasteiger partial charge is 0.270 e. The molecule has 2 heterocycles. The molecule has 0 aliphatic heterocycles. The van der Waals surface area contributed by atoms with Crippen molar-refractivity contribution in [2.45, 2.75) is 20.4 Å². The second-order valence-electron chi connectivity index (χ2n) is 6.99. The molecular weight excluding hydrogens is 421 g/mol. The molecule has 2 aromatic carbocycles. The van der Waals surface area contributed by atoms with Gasteiger partial charge in [-0.1, -0.05) is 35.3 Å². The fraction of sp³-hybridized carbons (Fsp3) is 0.130. The second kappa shape index (κ2) is 8.38. The number of aryl methyl sites for hydroxylation is 2. The number of aromatic nitrogens is 2. The third-order valence-corrected chi connectivity index (χ3v) is 5.63. The lowest BCUT2D eigenvalue weighted by Gasteiger charge is -2.08. The van der Waals surface area contributed by atoms with Gasteiger partial charge in [-0.05, 0) is 67.4 Å². The number of nitrogens with one attached hydrogen (secondary N) is 1. The number of benzene rings is 2. The van der Waals surface area contributed by atoms with Gasteiger partial charge in [-0.3, -0.25) is 4.79 Å². The van der Waals surface area contributed by atoms with E-state index in [1.54, 1.807) is 47.3 Å². The Balaban J connectivity index is 1.75. The van der Waals surface area contributed by atoms with Gasteiger partial charge in [0.05, 0.1) is 34.2 Å². The van der Waals surface area contributed by atoms with Gasteiger partial charge in [0.1, 0.15) is 11.5 Å². The summed E-state index contributed by atoms with van der Waals surface area (Å²) in [6.07, 6.45) is 1.57. The highest BCUT2D eigenvalue weighted by Gasteiger charge is 2.19. The molecule has 0 fully saturated rings. The Bertz CT molecular complexity index is 1210. The van der Waals surface area contributed by atoms with Crippen molar-refractivity contribution in [3.8, 4) is 16.9 Å². The quantitative estimate of drug-likeness (QED) is 0.415. The summed E-state index contributed by atoms with van der Waals surface area (Å²) in [4.78, 5) is 13.0. The van der Waals surface area contributed by atoms with Gasteiger partial charge < -0.3 is 9.73 Å². The summed E-state index contributed by atoms with van der Waals surface area (Å²) in [5, 5.41) is 8.38. The van der Waals surface area contributed by atoms with E-state index >= 15 is 0 Å². The van der Waals surface area contributed by atoms with Crippen molar-refractivity contribution < 1.29 is 9.21 Å². The second-order valence-corrected chi connectivity index (χ2v) is 7.80. The maximum atomic E-state index is 13.0. The average Bonchev–Trinajstić information content (AvgIpc) is 3.40. The van der Waals surface area contributed by atoms with E-state index in [-0.39, 0.29) is 12.5 Å². The lowest BCUT2D eigenvalue weighted by molar-refractivity contribution is 0.0940. The lowest BCUT2D eigenvalue weighted by Crippen LogP contribution is -2.25. The van der Waals surface area contributed by atoms with E-state index in [9.17, 15) is 4.79 Å². The minimum absolute atomic E-state index is 0.275. The highest BCUT2D eigenvalue weighted by molar-refractivity contribution is 6.42. The zero-order valence-corrected chi connectivity index (χ0v) is 18.0. The van der Waals surface area contributed by atoms with Gasteiger partial charge in [-0.25, -0.2) is 4.68 Å². The first-order valence-electron chi connectivity index (χ1n) is 9.36. The summed E-state index contributed by atoms with van der Waals surface area (Å²) in [5.41, 5.74) is 4.99. The molecule has 2 aromatic heterocycles. The van der Waals surface area contributed by atoms with E-state index in [2.05, 4.69) is 23.4 Å². The SMILES string of the molecule is Cc1ccc(-c2cc(C(=O)NCc3ccco3)n(-c3ccc(Cl)c(Cl)c3)n2)cc1C.